The molecule has 1 N–H and O–H groups in total. The number of imidazole rings is 1. The molecule has 1 saturated carbocycles. The summed E-state index contributed by atoms with van der Waals surface area (Å²) in [6.45, 7) is 6.26. The third-order valence-electron chi connectivity index (χ3n) is 5.90. The summed E-state index contributed by atoms with van der Waals surface area (Å²) in [5, 5.41) is 3.54. The summed E-state index contributed by atoms with van der Waals surface area (Å²) in [5.41, 5.74) is 2.37. The zero-order valence-corrected chi connectivity index (χ0v) is 17.4. The second-order valence-corrected chi connectivity index (χ2v) is 8.22. The molecule has 0 unspecified atom stereocenters. The van der Waals surface area contributed by atoms with Crippen molar-refractivity contribution >= 4 is 22.9 Å². The van der Waals surface area contributed by atoms with Gasteiger partial charge in [0.2, 0.25) is 5.91 Å². The Morgan fingerprint density at radius 1 is 1.13 bits per heavy atom. The molecule has 1 aliphatic carbocycles. The summed E-state index contributed by atoms with van der Waals surface area (Å²) in [7, 11) is 0. The van der Waals surface area contributed by atoms with Gasteiger partial charge < -0.3 is 14.8 Å². The summed E-state index contributed by atoms with van der Waals surface area (Å²) in [6, 6.07) is 0.164. The Bertz CT molecular complexity index is 1070. The number of aryl methyl sites for hydroxylation is 2. The molecule has 0 bridgehead atoms. The second kappa shape index (κ2) is 7.62. The number of nitrogens with one attached hydrogen (secondary N) is 1. The molecule has 3 aromatic heterocycles. The van der Waals surface area contributed by atoms with Gasteiger partial charge in [0, 0.05) is 44.5 Å². The average molecular weight is 406 g/mol. The highest BCUT2D eigenvalue weighted by atomic mass is 16.2. The number of hydrogen-bond donors (Lipinski definition) is 1. The van der Waals surface area contributed by atoms with Crippen molar-refractivity contribution in [3.05, 3.63) is 24.5 Å². The normalized spacial score (nSPS) is 19.5. The van der Waals surface area contributed by atoms with Crippen LogP contribution in [0.15, 0.2) is 18.7 Å². The summed E-state index contributed by atoms with van der Waals surface area (Å²) >= 11 is 0. The summed E-state index contributed by atoms with van der Waals surface area (Å²) in [5.74, 6) is 3.18. The number of carbonyl (C=O) groups is 1. The number of hydrogen-bond acceptors (Lipinski definition) is 7. The van der Waals surface area contributed by atoms with E-state index in [-0.39, 0.29) is 11.9 Å². The first kappa shape index (κ1) is 18.9. The van der Waals surface area contributed by atoms with Crippen molar-refractivity contribution in [3.63, 3.8) is 0 Å². The van der Waals surface area contributed by atoms with Crippen LogP contribution in [0.25, 0.3) is 22.6 Å². The number of aromatic nitrogens is 6. The van der Waals surface area contributed by atoms with Gasteiger partial charge in [-0.2, -0.15) is 0 Å². The maximum absolute atomic E-state index is 12.3. The van der Waals surface area contributed by atoms with Crippen molar-refractivity contribution in [2.45, 2.75) is 52.1 Å². The average Bonchev–Trinajstić information content (AvgIpc) is 3.48. The molecular formula is C21H26N8O. The number of rotatable bonds is 6. The van der Waals surface area contributed by atoms with Crippen LogP contribution in [0.3, 0.4) is 0 Å². The predicted octanol–water partition coefficient (Wildman–Crippen LogP) is 2.42. The van der Waals surface area contributed by atoms with Crippen molar-refractivity contribution in [3.8, 4) is 11.4 Å². The van der Waals surface area contributed by atoms with Crippen LogP contribution in [0.2, 0.25) is 0 Å². The standard InChI is InChI=1S/C21H26N8O/c1-3-29-20(15-8-22-13(2)23-9-15)27-18-19(24-12-25-21(18)29)26-16-6-7-17(30)28(11-16)10-14-4-5-14/h8-9,12,14,16H,3-7,10-11H2,1-2H3,(H,24,25,26)/t16-/m1/s1. The number of anilines is 1. The molecule has 9 heteroatoms. The Hall–Kier alpha value is -3.10. The van der Waals surface area contributed by atoms with Gasteiger partial charge in [-0.25, -0.2) is 24.9 Å². The topological polar surface area (TPSA) is 102 Å². The third-order valence-corrected chi connectivity index (χ3v) is 5.90. The van der Waals surface area contributed by atoms with Crippen LogP contribution in [0, 0.1) is 12.8 Å². The van der Waals surface area contributed by atoms with Crippen LogP contribution in [0.4, 0.5) is 5.82 Å². The number of fused-ring (bicyclic) bond motifs is 1. The first-order chi connectivity index (χ1) is 14.6. The van der Waals surface area contributed by atoms with E-state index in [9.17, 15) is 4.79 Å². The Labute approximate surface area is 175 Å². The predicted molar refractivity (Wildman–Crippen MR) is 113 cm³/mol. The molecule has 2 aliphatic rings. The number of nitrogens with zero attached hydrogens (tertiary/aromatic N) is 7. The molecule has 2 fully saturated rings. The number of carbonyl (C=O) groups excluding carboxylic acids is 1. The van der Waals surface area contributed by atoms with Crippen molar-refractivity contribution in [1.29, 1.82) is 0 Å². The highest BCUT2D eigenvalue weighted by Gasteiger charge is 2.31. The van der Waals surface area contributed by atoms with Crippen molar-refractivity contribution < 1.29 is 4.79 Å². The van der Waals surface area contributed by atoms with Crippen LogP contribution in [0.5, 0.6) is 0 Å². The molecule has 0 radical (unpaired) electrons. The van der Waals surface area contributed by atoms with Gasteiger partial charge in [-0.3, -0.25) is 4.79 Å². The van der Waals surface area contributed by atoms with Gasteiger partial charge >= 0.3 is 0 Å². The highest BCUT2D eigenvalue weighted by molar-refractivity contribution is 5.86. The largest absolute Gasteiger partial charge is 0.364 e. The molecule has 5 rings (SSSR count). The third kappa shape index (κ3) is 3.59. The number of likely N-dealkylation sites (tertiary alicyclic amines) is 1. The zero-order valence-electron chi connectivity index (χ0n) is 17.4. The minimum absolute atomic E-state index is 0.164. The summed E-state index contributed by atoms with van der Waals surface area (Å²) in [4.78, 5) is 36.7. The molecular weight excluding hydrogens is 380 g/mol. The SMILES string of the molecule is CCn1c(-c2cnc(C)nc2)nc2c(N[C@@H]3CCC(=O)N(CC4CC4)C3)ncnc21. The van der Waals surface area contributed by atoms with E-state index in [1.54, 1.807) is 18.7 Å². The maximum atomic E-state index is 12.3. The summed E-state index contributed by atoms with van der Waals surface area (Å²) in [6.07, 6.45) is 9.02. The monoisotopic (exact) mass is 406 g/mol. The Morgan fingerprint density at radius 3 is 2.67 bits per heavy atom. The molecule has 3 aromatic rings. The van der Waals surface area contributed by atoms with Crippen molar-refractivity contribution in [2.24, 2.45) is 5.92 Å². The summed E-state index contributed by atoms with van der Waals surface area (Å²) < 4.78 is 2.06. The molecule has 9 nitrogen and oxygen atoms in total. The van der Waals surface area contributed by atoms with Crippen LogP contribution < -0.4 is 5.32 Å². The van der Waals surface area contributed by atoms with Gasteiger partial charge in [0.05, 0.1) is 5.56 Å². The van der Waals surface area contributed by atoms with Gasteiger partial charge in [-0.1, -0.05) is 0 Å². The molecule has 1 atom stereocenters. The van der Waals surface area contributed by atoms with Gasteiger partial charge in [0.15, 0.2) is 17.0 Å². The maximum Gasteiger partial charge on any atom is 0.222 e. The van der Waals surface area contributed by atoms with E-state index in [1.165, 1.54) is 12.8 Å². The number of amides is 1. The molecule has 1 amide bonds. The molecule has 4 heterocycles. The van der Waals surface area contributed by atoms with E-state index in [2.05, 4.69) is 36.7 Å². The first-order valence-electron chi connectivity index (χ1n) is 10.7. The smallest absolute Gasteiger partial charge is 0.222 e. The fourth-order valence-corrected chi connectivity index (χ4v) is 4.08. The van der Waals surface area contributed by atoms with Gasteiger partial charge in [-0.15, -0.1) is 0 Å². The van der Waals surface area contributed by atoms with Crippen LogP contribution in [-0.4, -0.2) is 59.4 Å². The van der Waals surface area contributed by atoms with E-state index < -0.39 is 0 Å². The van der Waals surface area contributed by atoms with E-state index in [0.717, 1.165) is 47.9 Å². The molecule has 1 saturated heterocycles. The van der Waals surface area contributed by atoms with E-state index in [0.29, 0.717) is 24.7 Å². The molecule has 0 spiro atoms. The molecule has 156 valence electrons. The van der Waals surface area contributed by atoms with Crippen molar-refractivity contribution in [1.82, 2.24) is 34.4 Å². The fourth-order valence-electron chi connectivity index (χ4n) is 4.08. The van der Waals surface area contributed by atoms with Crippen LogP contribution in [0.1, 0.15) is 38.4 Å². The first-order valence-corrected chi connectivity index (χ1v) is 10.7. The lowest BCUT2D eigenvalue weighted by Gasteiger charge is -2.33. The van der Waals surface area contributed by atoms with Crippen LogP contribution in [-0.2, 0) is 11.3 Å². The van der Waals surface area contributed by atoms with Crippen LogP contribution >= 0.6 is 0 Å². The Kier molecular flexibility index (Phi) is 4.80. The lowest BCUT2D eigenvalue weighted by Crippen LogP contribution is -2.46. The van der Waals surface area contributed by atoms with E-state index in [1.807, 2.05) is 11.8 Å². The highest BCUT2D eigenvalue weighted by Crippen LogP contribution is 2.31. The Morgan fingerprint density at radius 2 is 1.93 bits per heavy atom. The zero-order chi connectivity index (χ0) is 20.7. The minimum Gasteiger partial charge on any atom is -0.364 e. The molecule has 1 aliphatic heterocycles. The van der Waals surface area contributed by atoms with Gasteiger partial charge in [-0.05, 0) is 39.0 Å². The lowest BCUT2D eigenvalue weighted by molar-refractivity contribution is -0.133. The fraction of sp³-hybridized carbons (Fsp3) is 0.524. The van der Waals surface area contributed by atoms with Gasteiger partial charge in [0.25, 0.3) is 0 Å². The minimum atomic E-state index is 0.164. The van der Waals surface area contributed by atoms with Crippen molar-refractivity contribution in [2.75, 3.05) is 18.4 Å². The van der Waals surface area contributed by atoms with E-state index >= 15 is 0 Å². The number of piperidine rings is 1. The molecule has 30 heavy (non-hydrogen) atoms. The van der Waals surface area contributed by atoms with E-state index in [4.69, 9.17) is 4.98 Å². The Balaban J connectivity index is 1.44. The second-order valence-electron chi connectivity index (χ2n) is 8.22. The quantitative estimate of drug-likeness (QED) is 0.671. The lowest BCUT2D eigenvalue weighted by atomic mass is 10.0. The molecule has 0 aromatic carbocycles. The van der Waals surface area contributed by atoms with Gasteiger partial charge in [0.1, 0.15) is 18.0 Å².